The number of benzene rings is 2. The van der Waals surface area contributed by atoms with Crippen LogP contribution >= 0.6 is 0 Å². The van der Waals surface area contributed by atoms with Crippen molar-refractivity contribution in [2.75, 3.05) is 0 Å². The molecule has 1 saturated carbocycles. The van der Waals surface area contributed by atoms with E-state index < -0.39 is 17.3 Å². The molecule has 2 aromatic carbocycles. The van der Waals surface area contributed by atoms with Gasteiger partial charge < -0.3 is 9.52 Å². The Balaban J connectivity index is 2.02. The van der Waals surface area contributed by atoms with Crippen molar-refractivity contribution in [1.82, 2.24) is 0 Å². The third kappa shape index (κ3) is 2.98. The number of carbonyl (C=O) groups is 1. The van der Waals surface area contributed by atoms with E-state index in [0.717, 1.165) is 5.56 Å². The van der Waals surface area contributed by atoms with E-state index in [9.17, 15) is 20.4 Å². The molecule has 146 valence electrons. The summed E-state index contributed by atoms with van der Waals surface area (Å²) in [6, 6.07) is 25.7. The summed E-state index contributed by atoms with van der Waals surface area (Å²) in [7, 11) is 0. The Morgan fingerprint density at radius 1 is 0.933 bits per heavy atom. The zero-order chi connectivity index (χ0) is 21.1. The predicted octanol–water partition coefficient (Wildman–Crippen LogP) is 5.12. The predicted molar refractivity (Wildman–Crippen MR) is 110 cm³/mol. The van der Waals surface area contributed by atoms with Crippen LogP contribution in [0.3, 0.4) is 0 Å². The molecule has 30 heavy (non-hydrogen) atoms. The van der Waals surface area contributed by atoms with Gasteiger partial charge in [-0.25, -0.2) is 0 Å². The molecule has 1 N–H and O–H groups in total. The van der Waals surface area contributed by atoms with Gasteiger partial charge in [-0.05, 0) is 23.3 Å². The molecule has 1 heterocycles. The molecule has 5 heteroatoms. The number of aliphatic hydroxyl groups is 1. The van der Waals surface area contributed by atoms with Crippen LogP contribution in [0.4, 0.5) is 0 Å². The summed E-state index contributed by atoms with van der Waals surface area (Å²) in [4.78, 5) is 13.3. The van der Waals surface area contributed by atoms with Crippen LogP contribution in [0.15, 0.2) is 89.0 Å². The minimum Gasteiger partial charge on any atom is -0.504 e. The van der Waals surface area contributed by atoms with Crippen molar-refractivity contribution in [2.45, 2.75) is 18.3 Å². The van der Waals surface area contributed by atoms with Gasteiger partial charge in [-0.1, -0.05) is 60.7 Å². The number of rotatable bonds is 3. The number of nitriles is 2. The maximum atomic E-state index is 13.3. The molecule has 0 unspecified atom stereocenters. The van der Waals surface area contributed by atoms with E-state index >= 15 is 0 Å². The van der Waals surface area contributed by atoms with Crippen molar-refractivity contribution in [1.29, 1.82) is 10.5 Å². The standard InChI is InChI=1S/C25H18N2O3/c26-15-25(16-27)19(17-8-3-1-4-9-17)14-20(28)22(24(29)21-12-7-13-30-21)23(25)18-10-5-2-6-11-18/h1-13,19,23,29H,14H2/b24-22-/t19-,23+/m0/s1. The molecule has 0 aliphatic heterocycles. The first-order valence-corrected chi connectivity index (χ1v) is 9.55. The molecular weight excluding hydrogens is 376 g/mol. The minimum absolute atomic E-state index is 0.0337. The Hall–Kier alpha value is -4.09. The van der Waals surface area contributed by atoms with E-state index in [2.05, 4.69) is 12.1 Å². The van der Waals surface area contributed by atoms with Gasteiger partial charge >= 0.3 is 0 Å². The first kappa shape index (κ1) is 19.2. The largest absolute Gasteiger partial charge is 0.504 e. The Morgan fingerprint density at radius 3 is 2.07 bits per heavy atom. The van der Waals surface area contributed by atoms with Crippen LogP contribution in [-0.4, -0.2) is 10.9 Å². The molecule has 3 aromatic rings. The lowest BCUT2D eigenvalue weighted by molar-refractivity contribution is -0.118. The average Bonchev–Trinajstić information content (AvgIpc) is 3.34. The average molecular weight is 394 g/mol. The Morgan fingerprint density at radius 2 is 1.53 bits per heavy atom. The monoisotopic (exact) mass is 394 g/mol. The van der Waals surface area contributed by atoms with Crippen LogP contribution < -0.4 is 0 Å². The molecule has 0 amide bonds. The van der Waals surface area contributed by atoms with Gasteiger partial charge in [0.25, 0.3) is 0 Å². The van der Waals surface area contributed by atoms with Gasteiger partial charge in [-0.2, -0.15) is 10.5 Å². The summed E-state index contributed by atoms with van der Waals surface area (Å²) in [6.07, 6.45) is 1.33. The second-order valence-corrected chi connectivity index (χ2v) is 7.27. The second kappa shape index (κ2) is 7.73. The molecule has 0 spiro atoms. The molecule has 0 saturated heterocycles. The fourth-order valence-electron chi connectivity index (χ4n) is 4.31. The fourth-order valence-corrected chi connectivity index (χ4v) is 4.31. The first-order chi connectivity index (χ1) is 14.6. The molecule has 5 nitrogen and oxygen atoms in total. The molecule has 4 rings (SSSR count). The van der Waals surface area contributed by atoms with Crippen LogP contribution in [0.5, 0.6) is 0 Å². The van der Waals surface area contributed by atoms with Gasteiger partial charge in [0.15, 0.2) is 22.7 Å². The number of furan rings is 1. The van der Waals surface area contributed by atoms with Gasteiger partial charge in [-0.15, -0.1) is 0 Å². The van der Waals surface area contributed by atoms with Crippen LogP contribution in [0.1, 0.15) is 35.1 Å². The molecule has 0 bridgehead atoms. The Bertz CT molecular complexity index is 1150. The zero-order valence-corrected chi connectivity index (χ0v) is 16.0. The van der Waals surface area contributed by atoms with Crippen molar-refractivity contribution >= 4 is 11.5 Å². The van der Waals surface area contributed by atoms with Gasteiger partial charge in [0.1, 0.15) is 0 Å². The highest BCUT2D eigenvalue weighted by molar-refractivity contribution is 6.04. The van der Waals surface area contributed by atoms with Crippen molar-refractivity contribution < 1.29 is 14.3 Å². The molecule has 1 aliphatic carbocycles. The SMILES string of the molecule is N#CC1(C#N)[C@H](c2ccccc2)CC(=O)/C(=C(/O)c2ccco2)[C@H]1c1ccccc1. The quantitative estimate of drug-likeness (QED) is 0.491. The maximum Gasteiger partial charge on any atom is 0.168 e. The Labute approximate surface area is 174 Å². The third-order valence-corrected chi connectivity index (χ3v) is 5.70. The summed E-state index contributed by atoms with van der Waals surface area (Å²) >= 11 is 0. The van der Waals surface area contributed by atoms with E-state index in [1.54, 1.807) is 36.4 Å². The van der Waals surface area contributed by atoms with Gasteiger partial charge in [0.05, 0.1) is 24.0 Å². The Kier molecular flexibility index (Phi) is 4.96. The molecule has 1 aliphatic rings. The number of carbonyl (C=O) groups excluding carboxylic acids is 1. The fraction of sp³-hybridized carbons (Fsp3) is 0.160. The van der Waals surface area contributed by atoms with Crippen LogP contribution in [0, 0.1) is 28.1 Å². The van der Waals surface area contributed by atoms with Crippen molar-refractivity contribution in [2.24, 2.45) is 5.41 Å². The molecular formula is C25H18N2O3. The lowest BCUT2D eigenvalue weighted by Gasteiger charge is -2.41. The smallest absolute Gasteiger partial charge is 0.168 e. The maximum absolute atomic E-state index is 13.3. The minimum atomic E-state index is -1.59. The van der Waals surface area contributed by atoms with Crippen LogP contribution in [0.2, 0.25) is 0 Å². The number of ketones is 1. The molecule has 2 atom stereocenters. The number of allylic oxidation sites excluding steroid dienone is 1. The highest BCUT2D eigenvalue weighted by atomic mass is 16.4. The number of nitrogens with zero attached hydrogens (tertiary/aromatic N) is 2. The topological polar surface area (TPSA) is 98.0 Å². The molecule has 0 radical (unpaired) electrons. The van der Waals surface area contributed by atoms with Gasteiger partial charge in [0, 0.05) is 18.3 Å². The summed E-state index contributed by atoms with van der Waals surface area (Å²) in [5.74, 6) is -2.10. The number of hydrogen-bond acceptors (Lipinski definition) is 5. The van der Waals surface area contributed by atoms with Crippen LogP contribution in [-0.2, 0) is 4.79 Å². The van der Waals surface area contributed by atoms with E-state index in [1.165, 1.54) is 6.26 Å². The van der Waals surface area contributed by atoms with E-state index in [1.807, 2.05) is 36.4 Å². The zero-order valence-electron chi connectivity index (χ0n) is 16.0. The van der Waals surface area contributed by atoms with E-state index in [-0.39, 0.29) is 29.3 Å². The number of aliphatic hydroxyl groups excluding tert-OH is 1. The van der Waals surface area contributed by atoms with Crippen molar-refractivity contribution in [3.8, 4) is 12.1 Å². The van der Waals surface area contributed by atoms with Gasteiger partial charge in [0.2, 0.25) is 0 Å². The van der Waals surface area contributed by atoms with Crippen molar-refractivity contribution in [3.63, 3.8) is 0 Å². The van der Waals surface area contributed by atoms with E-state index in [0.29, 0.717) is 5.56 Å². The van der Waals surface area contributed by atoms with Crippen molar-refractivity contribution in [3.05, 3.63) is 102 Å². The highest BCUT2D eigenvalue weighted by Crippen LogP contribution is 2.56. The lowest BCUT2D eigenvalue weighted by atomic mass is 9.55. The van der Waals surface area contributed by atoms with Crippen LogP contribution in [0.25, 0.3) is 5.76 Å². The summed E-state index contributed by atoms with van der Waals surface area (Å²) in [5.41, 5.74) is -0.201. The summed E-state index contributed by atoms with van der Waals surface area (Å²) in [6.45, 7) is 0. The number of hydrogen-bond donors (Lipinski definition) is 1. The molecule has 1 aromatic heterocycles. The molecule has 1 fully saturated rings. The number of Topliss-reactive ketones (excluding diaryl/α,β-unsaturated/α-hetero) is 1. The van der Waals surface area contributed by atoms with E-state index in [4.69, 9.17) is 4.42 Å². The lowest BCUT2D eigenvalue weighted by Crippen LogP contribution is -2.42. The first-order valence-electron chi connectivity index (χ1n) is 9.55. The normalized spacial score (nSPS) is 22.0. The summed E-state index contributed by atoms with van der Waals surface area (Å²) in [5, 5.41) is 31.6. The summed E-state index contributed by atoms with van der Waals surface area (Å²) < 4.78 is 5.30. The second-order valence-electron chi connectivity index (χ2n) is 7.27. The van der Waals surface area contributed by atoms with Gasteiger partial charge in [-0.3, -0.25) is 4.79 Å². The third-order valence-electron chi connectivity index (χ3n) is 5.70. The highest BCUT2D eigenvalue weighted by Gasteiger charge is 2.56.